The van der Waals surface area contributed by atoms with E-state index in [-0.39, 0.29) is 11.9 Å². The van der Waals surface area contributed by atoms with Gasteiger partial charge in [0.15, 0.2) is 9.84 Å². The molecule has 146 valence electrons. The summed E-state index contributed by atoms with van der Waals surface area (Å²) in [5.74, 6) is 0.632. The van der Waals surface area contributed by atoms with Gasteiger partial charge in [0.25, 0.3) is 0 Å². The smallest absolute Gasteiger partial charge is 0.175 e. The lowest BCUT2D eigenvalue weighted by atomic mass is 9.97. The van der Waals surface area contributed by atoms with Gasteiger partial charge in [0, 0.05) is 24.4 Å². The molecule has 1 saturated carbocycles. The summed E-state index contributed by atoms with van der Waals surface area (Å²) in [5, 5.41) is 3.59. The van der Waals surface area contributed by atoms with Gasteiger partial charge in [-0.3, -0.25) is 0 Å². The van der Waals surface area contributed by atoms with Crippen molar-refractivity contribution >= 4 is 9.84 Å². The Morgan fingerprint density at radius 1 is 1.15 bits per heavy atom. The number of halogens is 1. The highest BCUT2D eigenvalue weighted by molar-refractivity contribution is 7.90. The molecule has 0 aliphatic heterocycles. The second-order valence-corrected chi connectivity index (χ2v) is 9.38. The zero-order chi connectivity index (χ0) is 19.6. The molecule has 0 heterocycles. The zero-order valence-corrected chi connectivity index (χ0v) is 16.7. The van der Waals surface area contributed by atoms with Crippen LogP contribution in [-0.4, -0.2) is 27.8 Å². The summed E-state index contributed by atoms with van der Waals surface area (Å²) in [7, 11) is -1.63. The van der Waals surface area contributed by atoms with E-state index in [1.54, 1.807) is 12.1 Å². The molecule has 6 heteroatoms. The van der Waals surface area contributed by atoms with Gasteiger partial charge < -0.3 is 10.1 Å². The van der Waals surface area contributed by atoms with Crippen LogP contribution < -0.4 is 10.1 Å². The Hall–Kier alpha value is -1.92. The number of rotatable bonds is 6. The monoisotopic (exact) mass is 391 g/mol. The summed E-state index contributed by atoms with van der Waals surface area (Å²) in [6.45, 7) is 2.03. The molecule has 1 N–H and O–H groups in total. The molecule has 27 heavy (non-hydrogen) atoms. The van der Waals surface area contributed by atoms with Gasteiger partial charge in [0.05, 0.1) is 12.0 Å². The highest BCUT2D eigenvalue weighted by atomic mass is 32.2. The minimum absolute atomic E-state index is 0.0194. The van der Waals surface area contributed by atoms with Gasteiger partial charge in [-0.05, 0) is 67.5 Å². The third-order valence-electron chi connectivity index (χ3n) is 5.33. The van der Waals surface area contributed by atoms with E-state index in [1.165, 1.54) is 31.1 Å². The Bertz CT molecular complexity index is 896. The summed E-state index contributed by atoms with van der Waals surface area (Å²) in [6.07, 6.45) is 4.29. The fourth-order valence-electron chi connectivity index (χ4n) is 3.82. The van der Waals surface area contributed by atoms with Gasteiger partial charge in [-0.1, -0.05) is 12.1 Å². The lowest BCUT2D eigenvalue weighted by Crippen LogP contribution is -2.29. The summed E-state index contributed by atoms with van der Waals surface area (Å²) in [4.78, 5) is 0.354. The maximum Gasteiger partial charge on any atom is 0.175 e. The number of benzene rings is 2. The minimum atomic E-state index is -3.16. The molecule has 0 saturated heterocycles. The van der Waals surface area contributed by atoms with Crippen molar-refractivity contribution in [1.29, 1.82) is 0 Å². The molecule has 0 amide bonds. The minimum Gasteiger partial charge on any atom is -0.497 e. The Labute approximate surface area is 160 Å². The van der Waals surface area contributed by atoms with Crippen molar-refractivity contribution in [3.8, 4) is 5.75 Å². The second-order valence-electron chi connectivity index (χ2n) is 7.36. The molecule has 2 aromatic carbocycles. The van der Waals surface area contributed by atoms with Gasteiger partial charge in [-0.2, -0.15) is 0 Å². The number of sulfone groups is 1. The molecule has 4 nitrogen and oxygen atoms in total. The van der Waals surface area contributed by atoms with Crippen molar-refractivity contribution in [1.82, 2.24) is 5.32 Å². The van der Waals surface area contributed by atoms with E-state index < -0.39 is 9.84 Å². The molecule has 3 unspecified atom stereocenters. The molecular weight excluding hydrogens is 365 g/mol. The van der Waals surface area contributed by atoms with Crippen LogP contribution in [0.25, 0.3) is 0 Å². The first-order chi connectivity index (χ1) is 12.8. The van der Waals surface area contributed by atoms with Gasteiger partial charge >= 0.3 is 0 Å². The maximum absolute atomic E-state index is 13.7. The van der Waals surface area contributed by atoms with Gasteiger partial charge in [-0.25, -0.2) is 12.8 Å². The summed E-state index contributed by atoms with van der Waals surface area (Å²) in [5.41, 5.74) is 2.04. The van der Waals surface area contributed by atoms with E-state index >= 15 is 0 Å². The second kappa shape index (κ2) is 7.98. The average molecular weight is 392 g/mol. The summed E-state index contributed by atoms with van der Waals surface area (Å²) < 4.78 is 42.1. The van der Waals surface area contributed by atoms with Crippen molar-refractivity contribution in [2.45, 2.75) is 49.1 Å². The van der Waals surface area contributed by atoms with Crippen LogP contribution in [0.1, 0.15) is 49.3 Å². The van der Waals surface area contributed by atoms with Crippen LogP contribution in [0.2, 0.25) is 0 Å². The van der Waals surface area contributed by atoms with E-state index in [0.29, 0.717) is 22.6 Å². The van der Waals surface area contributed by atoms with E-state index in [4.69, 9.17) is 4.74 Å². The molecule has 0 radical (unpaired) electrons. The predicted molar refractivity (Wildman–Crippen MR) is 104 cm³/mol. The number of hydrogen-bond donors (Lipinski definition) is 1. The van der Waals surface area contributed by atoms with Crippen LogP contribution in [0, 0.1) is 5.82 Å². The lowest BCUT2D eigenvalue weighted by Gasteiger charge is -2.21. The maximum atomic E-state index is 13.7. The number of methoxy groups -OCH3 is 1. The molecule has 1 aliphatic carbocycles. The number of nitrogens with one attached hydrogen (secondary N) is 1. The van der Waals surface area contributed by atoms with E-state index in [2.05, 4.69) is 5.32 Å². The van der Waals surface area contributed by atoms with E-state index in [0.717, 1.165) is 24.8 Å². The van der Waals surface area contributed by atoms with Crippen LogP contribution >= 0.6 is 0 Å². The van der Waals surface area contributed by atoms with Crippen LogP contribution in [0.4, 0.5) is 4.39 Å². The zero-order valence-electron chi connectivity index (χ0n) is 15.9. The fourth-order valence-corrected chi connectivity index (χ4v) is 4.46. The number of hydrogen-bond acceptors (Lipinski definition) is 4. The molecule has 3 atom stereocenters. The van der Waals surface area contributed by atoms with Gasteiger partial charge in [0.1, 0.15) is 11.6 Å². The van der Waals surface area contributed by atoms with Gasteiger partial charge in [0.2, 0.25) is 0 Å². The Morgan fingerprint density at radius 3 is 2.48 bits per heavy atom. The van der Waals surface area contributed by atoms with Crippen molar-refractivity contribution < 1.29 is 17.5 Å². The normalized spacial score (nSPS) is 21.2. The lowest BCUT2D eigenvalue weighted by molar-refractivity contribution is 0.407. The van der Waals surface area contributed by atoms with E-state index in [9.17, 15) is 12.8 Å². The molecule has 1 aliphatic rings. The molecule has 2 aromatic rings. The Kier molecular flexibility index (Phi) is 5.86. The largest absolute Gasteiger partial charge is 0.497 e. The van der Waals surface area contributed by atoms with Crippen molar-refractivity contribution in [3.05, 3.63) is 59.4 Å². The van der Waals surface area contributed by atoms with Crippen LogP contribution in [0.3, 0.4) is 0 Å². The number of ether oxygens (including phenoxy) is 1. The Balaban J connectivity index is 1.63. The van der Waals surface area contributed by atoms with Crippen molar-refractivity contribution in [2.24, 2.45) is 0 Å². The molecule has 0 aromatic heterocycles. The van der Waals surface area contributed by atoms with Gasteiger partial charge in [-0.15, -0.1) is 0 Å². The highest BCUT2D eigenvalue weighted by Crippen LogP contribution is 2.36. The van der Waals surface area contributed by atoms with Crippen molar-refractivity contribution in [2.75, 3.05) is 13.4 Å². The third kappa shape index (κ3) is 4.87. The first kappa shape index (κ1) is 19.8. The standard InChI is InChI=1S/C21H26FNO3S/c1-14(17-10-18(22)13-20(12-17)26-2)23-19-7-4-16(11-19)15-5-8-21(9-6-15)27(3,24)25/h5-6,8-10,12-14,16,19,23H,4,7,11H2,1-3H3. The molecule has 3 rings (SSSR count). The molecule has 1 fully saturated rings. The van der Waals surface area contributed by atoms with Crippen LogP contribution in [-0.2, 0) is 9.84 Å². The first-order valence-electron chi connectivity index (χ1n) is 9.17. The van der Waals surface area contributed by atoms with Crippen LogP contribution in [0.5, 0.6) is 5.75 Å². The van der Waals surface area contributed by atoms with E-state index in [1.807, 2.05) is 25.1 Å². The predicted octanol–water partition coefficient (Wildman–Crippen LogP) is 4.22. The average Bonchev–Trinajstić information content (AvgIpc) is 3.09. The fraction of sp³-hybridized carbons (Fsp3) is 0.429. The first-order valence-corrected chi connectivity index (χ1v) is 11.1. The SMILES string of the molecule is COc1cc(F)cc(C(C)NC2CCC(c3ccc(S(C)(=O)=O)cc3)C2)c1. The quantitative estimate of drug-likeness (QED) is 0.801. The van der Waals surface area contributed by atoms with Crippen molar-refractivity contribution in [3.63, 3.8) is 0 Å². The Morgan fingerprint density at radius 2 is 1.85 bits per heavy atom. The molecular formula is C21H26FNO3S. The molecule has 0 spiro atoms. The topological polar surface area (TPSA) is 55.4 Å². The third-order valence-corrected chi connectivity index (χ3v) is 6.46. The molecule has 0 bridgehead atoms. The summed E-state index contributed by atoms with van der Waals surface area (Å²) >= 11 is 0. The highest BCUT2D eigenvalue weighted by Gasteiger charge is 2.27. The summed E-state index contributed by atoms with van der Waals surface area (Å²) in [6, 6.07) is 12.4. The van der Waals surface area contributed by atoms with Crippen LogP contribution in [0.15, 0.2) is 47.4 Å².